The van der Waals surface area contributed by atoms with Gasteiger partial charge in [-0.1, -0.05) is 0 Å². The summed E-state index contributed by atoms with van der Waals surface area (Å²) < 4.78 is 12.3. The number of hydrogen-bond donors (Lipinski definition) is 0. The van der Waals surface area contributed by atoms with Gasteiger partial charge in [0.15, 0.2) is 0 Å². The third kappa shape index (κ3) is 3.37. The lowest BCUT2D eigenvalue weighted by Gasteiger charge is -2.52. The number of benzene rings is 1. The third-order valence-electron chi connectivity index (χ3n) is 5.70. The number of ether oxygens (including phenoxy) is 2. The molecule has 0 spiro atoms. The first kappa shape index (κ1) is 16.3. The Labute approximate surface area is 139 Å². The van der Waals surface area contributed by atoms with E-state index >= 15 is 0 Å². The summed E-state index contributed by atoms with van der Waals surface area (Å²) in [7, 11) is 4.66. The molecule has 126 valence electrons. The Balaban J connectivity index is 1.62. The molecule has 2 unspecified atom stereocenters. The van der Waals surface area contributed by atoms with Gasteiger partial charge in [-0.3, -0.25) is 0 Å². The highest BCUT2D eigenvalue weighted by Gasteiger charge is 2.47. The summed E-state index contributed by atoms with van der Waals surface area (Å²) in [6.07, 6.45) is 5.87. The molecule has 0 saturated carbocycles. The van der Waals surface area contributed by atoms with Crippen LogP contribution >= 0.6 is 0 Å². The van der Waals surface area contributed by atoms with E-state index in [9.17, 15) is 4.79 Å². The summed E-state index contributed by atoms with van der Waals surface area (Å²) in [6.45, 7) is 2.57. The van der Waals surface area contributed by atoms with Gasteiger partial charge < -0.3 is 14.0 Å². The largest absolute Gasteiger partial charge is 0.494 e. The SMILES string of the molecule is CCOc1ccc(C(=O)OC2CC3CCCC(C2)[N+]3(C)C)cc1. The summed E-state index contributed by atoms with van der Waals surface area (Å²) >= 11 is 0. The summed E-state index contributed by atoms with van der Waals surface area (Å²) in [5.74, 6) is 0.582. The monoisotopic (exact) mass is 318 g/mol. The van der Waals surface area contributed by atoms with Crippen LogP contribution in [-0.4, -0.2) is 49.3 Å². The lowest BCUT2D eigenvalue weighted by atomic mass is 9.81. The molecule has 4 nitrogen and oxygen atoms in total. The molecule has 2 heterocycles. The molecule has 0 aliphatic carbocycles. The van der Waals surface area contributed by atoms with Crippen LogP contribution in [0.1, 0.15) is 49.4 Å². The Bertz CT molecular complexity index is 536. The molecule has 2 atom stereocenters. The molecular formula is C19H28NO3+. The zero-order valence-electron chi connectivity index (χ0n) is 14.5. The molecule has 2 fully saturated rings. The number of hydrogen-bond acceptors (Lipinski definition) is 3. The van der Waals surface area contributed by atoms with E-state index < -0.39 is 0 Å². The number of fused-ring (bicyclic) bond motifs is 2. The van der Waals surface area contributed by atoms with E-state index in [-0.39, 0.29) is 12.1 Å². The summed E-state index contributed by atoms with van der Waals surface area (Å²) in [4.78, 5) is 12.4. The van der Waals surface area contributed by atoms with Gasteiger partial charge in [0.05, 0.1) is 38.3 Å². The average molecular weight is 318 g/mol. The van der Waals surface area contributed by atoms with Crippen LogP contribution in [0.2, 0.25) is 0 Å². The van der Waals surface area contributed by atoms with Crippen molar-refractivity contribution in [3.05, 3.63) is 29.8 Å². The van der Waals surface area contributed by atoms with Gasteiger partial charge in [0, 0.05) is 12.8 Å². The lowest BCUT2D eigenvalue weighted by Crippen LogP contribution is -2.63. The van der Waals surface area contributed by atoms with E-state index in [2.05, 4.69) is 14.1 Å². The molecule has 0 radical (unpaired) electrons. The smallest absolute Gasteiger partial charge is 0.338 e. The second-order valence-electron chi connectivity index (χ2n) is 7.32. The van der Waals surface area contributed by atoms with Crippen LogP contribution in [0.25, 0.3) is 0 Å². The number of carbonyl (C=O) groups is 1. The van der Waals surface area contributed by atoms with Crippen molar-refractivity contribution >= 4 is 5.97 Å². The fraction of sp³-hybridized carbons (Fsp3) is 0.632. The van der Waals surface area contributed by atoms with Crippen LogP contribution in [0.3, 0.4) is 0 Å². The van der Waals surface area contributed by atoms with Crippen LogP contribution in [-0.2, 0) is 4.74 Å². The predicted molar refractivity (Wildman–Crippen MR) is 89.6 cm³/mol. The van der Waals surface area contributed by atoms with Crippen molar-refractivity contribution in [3.63, 3.8) is 0 Å². The van der Waals surface area contributed by atoms with Crippen molar-refractivity contribution in [1.82, 2.24) is 0 Å². The molecule has 4 heteroatoms. The maximum absolute atomic E-state index is 12.4. The van der Waals surface area contributed by atoms with Gasteiger partial charge >= 0.3 is 5.97 Å². The van der Waals surface area contributed by atoms with Crippen LogP contribution in [0.5, 0.6) is 5.75 Å². The second-order valence-corrected chi connectivity index (χ2v) is 7.32. The van der Waals surface area contributed by atoms with E-state index in [4.69, 9.17) is 9.47 Å². The summed E-state index contributed by atoms with van der Waals surface area (Å²) in [6, 6.07) is 8.49. The van der Waals surface area contributed by atoms with E-state index in [1.54, 1.807) is 12.1 Å². The quantitative estimate of drug-likeness (QED) is 0.630. The van der Waals surface area contributed by atoms with Gasteiger partial charge in [-0.2, -0.15) is 0 Å². The number of rotatable bonds is 4. The zero-order chi connectivity index (χ0) is 16.4. The molecule has 2 aliphatic rings. The number of quaternary nitrogens is 1. The molecule has 2 bridgehead atoms. The van der Waals surface area contributed by atoms with Crippen LogP contribution in [0, 0.1) is 0 Å². The summed E-state index contributed by atoms with van der Waals surface area (Å²) in [5.41, 5.74) is 0.609. The van der Waals surface area contributed by atoms with Gasteiger partial charge in [-0.25, -0.2) is 4.79 Å². The average Bonchev–Trinajstić information content (AvgIpc) is 2.49. The Kier molecular flexibility index (Phi) is 4.62. The van der Waals surface area contributed by atoms with E-state index in [0.29, 0.717) is 24.3 Å². The van der Waals surface area contributed by atoms with Crippen LogP contribution in [0.15, 0.2) is 24.3 Å². The van der Waals surface area contributed by atoms with Gasteiger partial charge in [-0.05, 0) is 50.5 Å². The number of piperidine rings is 2. The van der Waals surface area contributed by atoms with E-state index in [1.807, 2.05) is 19.1 Å². The van der Waals surface area contributed by atoms with Crippen molar-refractivity contribution < 1.29 is 18.8 Å². The van der Waals surface area contributed by atoms with E-state index in [0.717, 1.165) is 23.1 Å². The summed E-state index contributed by atoms with van der Waals surface area (Å²) in [5, 5.41) is 0. The minimum atomic E-state index is -0.205. The van der Waals surface area contributed by atoms with Gasteiger partial charge in [0.25, 0.3) is 0 Å². The lowest BCUT2D eigenvalue weighted by molar-refractivity contribution is -0.950. The van der Waals surface area contributed by atoms with E-state index in [1.165, 1.54) is 19.3 Å². The first-order chi connectivity index (χ1) is 11.0. The highest BCUT2D eigenvalue weighted by Crippen LogP contribution is 2.38. The Morgan fingerprint density at radius 1 is 1.13 bits per heavy atom. The maximum atomic E-state index is 12.4. The van der Waals surface area contributed by atoms with Gasteiger partial charge in [0.1, 0.15) is 11.9 Å². The molecule has 0 N–H and O–H groups in total. The minimum Gasteiger partial charge on any atom is -0.494 e. The molecule has 0 aromatic heterocycles. The predicted octanol–water partition coefficient (Wildman–Crippen LogP) is 3.40. The molecule has 0 amide bonds. The Hall–Kier alpha value is -1.55. The van der Waals surface area contributed by atoms with Crippen LogP contribution in [0.4, 0.5) is 0 Å². The first-order valence-corrected chi connectivity index (χ1v) is 8.78. The molecule has 1 aromatic carbocycles. The van der Waals surface area contributed by atoms with Crippen LogP contribution < -0.4 is 4.74 Å². The molecule has 2 saturated heterocycles. The van der Waals surface area contributed by atoms with Crippen molar-refractivity contribution in [3.8, 4) is 5.75 Å². The zero-order valence-corrected chi connectivity index (χ0v) is 14.5. The van der Waals surface area contributed by atoms with Gasteiger partial charge in [-0.15, -0.1) is 0 Å². The first-order valence-electron chi connectivity index (χ1n) is 8.78. The molecule has 2 aliphatic heterocycles. The molecule has 3 rings (SSSR count). The van der Waals surface area contributed by atoms with Crippen molar-refractivity contribution in [1.29, 1.82) is 0 Å². The fourth-order valence-corrected chi connectivity index (χ4v) is 4.20. The van der Waals surface area contributed by atoms with Crippen molar-refractivity contribution in [2.75, 3.05) is 20.7 Å². The highest BCUT2D eigenvalue weighted by atomic mass is 16.5. The second kappa shape index (κ2) is 6.52. The standard InChI is InChI=1S/C19H28NO3/c1-4-22-17-10-8-14(9-11-17)19(21)23-18-12-15-6-5-7-16(13-18)20(15,2)3/h8-11,15-16,18H,4-7,12-13H2,1-3H3/q+1. The number of esters is 1. The van der Waals surface area contributed by atoms with Crippen molar-refractivity contribution in [2.45, 2.75) is 57.2 Å². The fourth-order valence-electron chi connectivity index (χ4n) is 4.20. The van der Waals surface area contributed by atoms with Crippen molar-refractivity contribution in [2.24, 2.45) is 0 Å². The minimum absolute atomic E-state index is 0.0653. The molecular weight excluding hydrogens is 290 g/mol. The number of nitrogens with zero attached hydrogens (tertiary/aromatic N) is 1. The Morgan fingerprint density at radius 3 is 2.30 bits per heavy atom. The maximum Gasteiger partial charge on any atom is 0.338 e. The van der Waals surface area contributed by atoms with Gasteiger partial charge in [0.2, 0.25) is 0 Å². The molecule has 23 heavy (non-hydrogen) atoms. The number of carbonyl (C=O) groups excluding carboxylic acids is 1. The third-order valence-corrected chi connectivity index (χ3v) is 5.70. The highest BCUT2D eigenvalue weighted by molar-refractivity contribution is 5.89. The molecule has 1 aromatic rings. The topological polar surface area (TPSA) is 35.5 Å². The Morgan fingerprint density at radius 2 is 1.74 bits per heavy atom. The normalized spacial score (nSPS) is 28.9.